The largest absolute Gasteiger partial charge is 0.432 e. The molecule has 0 bridgehead atoms. The van der Waals surface area contributed by atoms with Crippen molar-refractivity contribution in [2.45, 2.75) is 211 Å². The van der Waals surface area contributed by atoms with E-state index in [1.54, 1.807) is 0 Å². The normalized spacial score (nSPS) is 56.4. The molecule has 19 heteroatoms. The number of hydrogen-bond donors (Lipinski definition) is 12. The molecule has 0 unspecified atom stereocenters. The van der Waals surface area contributed by atoms with Crippen molar-refractivity contribution in [3.8, 4) is 0 Å². The highest BCUT2D eigenvalue weighted by Crippen LogP contribution is 2.76. The van der Waals surface area contributed by atoms with Crippen LogP contribution in [0.3, 0.4) is 0 Å². The van der Waals surface area contributed by atoms with Gasteiger partial charge in [-0.1, -0.05) is 60.1 Å². The first-order chi connectivity index (χ1) is 31.2. The third-order valence-electron chi connectivity index (χ3n) is 19.4. The number of fused-ring (bicyclic) bond motifs is 7. The number of rotatable bonds is 8. The van der Waals surface area contributed by atoms with E-state index in [1.807, 2.05) is 13.8 Å². The van der Waals surface area contributed by atoms with Crippen molar-refractivity contribution in [2.75, 3.05) is 13.2 Å². The van der Waals surface area contributed by atoms with Crippen LogP contribution in [0.4, 0.5) is 0 Å². The van der Waals surface area contributed by atoms with Gasteiger partial charge in [0.2, 0.25) is 6.29 Å². The SMILES string of the molecule is C[C@H]1[C@H](C)CC[C@]2(C(=O)O[C@@H]3O[C@H](CO[C@@H]4O[C@H](CO[C@@H]5O[C@@H](C)[C@H](O)[C@@H](O)[C@H]5O)[C@@H](O)[C@H](O)[C@H]4O)[C@@H](O)[C@H](O)[C@H]3O)CC[C@]3(C)C(=CC[C@@H]4[C@@]5(C)C[C@@H](O)[C@H](O)C(C)(C)[C@@H]5[C@H](O)C[C@]43C)[C@H]12. The highest BCUT2D eigenvalue weighted by Gasteiger charge is 2.72. The van der Waals surface area contributed by atoms with Crippen molar-refractivity contribution in [1.82, 2.24) is 0 Å². The lowest BCUT2D eigenvalue weighted by atomic mass is 9.32. The first-order valence-electron chi connectivity index (χ1n) is 24.5. The number of aliphatic hydroxyl groups excluding tert-OH is 12. The Kier molecular flexibility index (Phi) is 14.1. The van der Waals surface area contributed by atoms with Gasteiger partial charge in [-0.05, 0) is 103 Å². The van der Waals surface area contributed by atoms with Crippen molar-refractivity contribution in [2.24, 2.45) is 56.7 Å². The van der Waals surface area contributed by atoms with Crippen LogP contribution in [0, 0.1) is 56.7 Å². The predicted octanol–water partition coefficient (Wildman–Crippen LogP) is -1.03. The van der Waals surface area contributed by atoms with Crippen LogP contribution in [0.5, 0.6) is 0 Å². The van der Waals surface area contributed by atoms with Crippen molar-refractivity contribution >= 4 is 5.97 Å². The van der Waals surface area contributed by atoms with E-state index in [1.165, 1.54) is 6.92 Å². The molecule has 0 aromatic rings. The van der Waals surface area contributed by atoms with Crippen LogP contribution in [0.25, 0.3) is 0 Å². The average Bonchev–Trinajstić information content (AvgIpc) is 3.26. The van der Waals surface area contributed by atoms with Crippen molar-refractivity contribution in [3.63, 3.8) is 0 Å². The molecule has 3 heterocycles. The molecular weight excluding hydrogens is 881 g/mol. The van der Waals surface area contributed by atoms with E-state index in [2.05, 4.69) is 40.7 Å². The highest BCUT2D eigenvalue weighted by molar-refractivity contribution is 5.79. The number of esters is 1. The van der Waals surface area contributed by atoms with Gasteiger partial charge in [0, 0.05) is 0 Å². The molecule has 8 rings (SSSR count). The quantitative estimate of drug-likeness (QED) is 0.102. The summed E-state index contributed by atoms with van der Waals surface area (Å²) in [5.74, 6) is -0.831. The smallest absolute Gasteiger partial charge is 0.315 e. The molecular formula is C48H78O19. The molecule has 384 valence electrons. The summed E-state index contributed by atoms with van der Waals surface area (Å²) in [6.45, 7) is 15.2. The fourth-order valence-corrected chi connectivity index (χ4v) is 15.3. The van der Waals surface area contributed by atoms with Crippen LogP contribution < -0.4 is 0 Å². The number of carbonyl (C=O) groups excluding carboxylic acids is 1. The zero-order chi connectivity index (χ0) is 49.2. The van der Waals surface area contributed by atoms with Gasteiger partial charge in [-0.25, -0.2) is 0 Å². The van der Waals surface area contributed by atoms with Crippen LogP contribution in [0.2, 0.25) is 0 Å². The van der Waals surface area contributed by atoms with Crippen molar-refractivity contribution in [3.05, 3.63) is 11.6 Å². The number of allylic oxidation sites excluding steroid dienone is 2. The zero-order valence-corrected chi connectivity index (χ0v) is 39.9. The summed E-state index contributed by atoms with van der Waals surface area (Å²) in [5.41, 5.74) is -2.05. The predicted molar refractivity (Wildman–Crippen MR) is 231 cm³/mol. The van der Waals surface area contributed by atoms with Crippen LogP contribution in [-0.4, -0.2) is 191 Å². The van der Waals surface area contributed by atoms with Crippen LogP contribution in [-0.2, 0) is 33.2 Å². The molecule has 0 amide bonds. The number of hydrogen-bond acceptors (Lipinski definition) is 19. The summed E-state index contributed by atoms with van der Waals surface area (Å²) < 4.78 is 34.5. The molecule has 19 nitrogen and oxygen atoms in total. The molecule has 8 aliphatic rings. The molecule has 4 saturated carbocycles. The van der Waals surface area contributed by atoms with Crippen LogP contribution in [0.1, 0.15) is 100 Å². The van der Waals surface area contributed by atoms with Crippen LogP contribution >= 0.6 is 0 Å². The first kappa shape index (κ1) is 51.9. The molecule has 0 spiro atoms. The summed E-state index contributed by atoms with van der Waals surface area (Å²) in [6, 6.07) is 0. The zero-order valence-electron chi connectivity index (χ0n) is 39.9. The number of carbonyl (C=O) groups is 1. The van der Waals surface area contributed by atoms with Gasteiger partial charge in [-0.15, -0.1) is 0 Å². The van der Waals surface area contributed by atoms with E-state index in [9.17, 15) is 61.3 Å². The van der Waals surface area contributed by atoms with Gasteiger partial charge in [-0.2, -0.15) is 0 Å². The average molecular weight is 959 g/mol. The lowest BCUT2D eigenvalue weighted by Gasteiger charge is -2.72. The maximum absolute atomic E-state index is 15.0. The lowest BCUT2D eigenvalue weighted by Crippen LogP contribution is -2.70. The molecule has 67 heavy (non-hydrogen) atoms. The number of aliphatic hydroxyl groups is 12. The van der Waals surface area contributed by atoms with Crippen LogP contribution in [0.15, 0.2) is 11.6 Å². The first-order valence-corrected chi connectivity index (χ1v) is 24.5. The molecule has 7 fully saturated rings. The summed E-state index contributed by atoms with van der Waals surface area (Å²) >= 11 is 0. The molecule has 12 N–H and O–H groups in total. The maximum Gasteiger partial charge on any atom is 0.315 e. The van der Waals surface area contributed by atoms with E-state index in [4.69, 9.17) is 28.4 Å². The van der Waals surface area contributed by atoms with Gasteiger partial charge < -0.3 is 89.7 Å². The van der Waals surface area contributed by atoms with Gasteiger partial charge >= 0.3 is 5.97 Å². The lowest BCUT2D eigenvalue weighted by molar-refractivity contribution is -0.339. The Morgan fingerprint density at radius 3 is 1.78 bits per heavy atom. The third-order valence-corrected chi connectivity index (χ3v) is 19.4. The minimum atomic E-state index is -1.87. The minimum Gasteiger partial charge on any atom is -0.432 e. The topological polar surface area (TPSA) is 315 Å². The summed E-state index contributed by atoms with van der Waals surface area (Å²) in [6.07, 6.45) is -20.9. The van der Waals surface area contributed by atoms with Crippen molar-refractivity contribution in [1.29, 1.82) is 0 Å². The molecule has 27 atom stereocenters. The summed E-state index contributed by atoms with van der Waals surface area (Å²) in [4.78, 5) is 15.0. The van der Waals surface area contributed by atoms with E-state index < -0.39 is 157 Å². The number of ether oxygens (including phenoxy) is 6. The standard InChI is InChI=1S/C48H78O19/c1-19-11-12-48(14-13-46(7)22(28(48)20(19)2)9-10-27-45(6)15-24(50)39(60)44(4,5)38(45)23(49)16-47(27,46)8)43(61)67-42-37(59)34(56)31(53)26(66-42)18-63-41-36(58)33(55)30(52)25(65-41)17-62-40-35(57)32(54)29(51)21(3)64-40/h9,19-21,23-42,49-60H,10-18H2,1-8H3/t19-,20+,21+,23-,24-,25-,26-,27-,28+,29+,30-,31-,32-,33+,34+,35-,36-,37-,38+,39+,40-,41-,42+,45-,46-,47-,48+/m1/s1. The van der Waals surface area contributed by atoms with Gasteiger partial charge in [0.1, 0.15) is 67.1 Å². The monoisotopic (exact) mass is 959 g/mol. The van der Waals surface area contributed by atoms with Gasteiger partial charge in [0.15, 0.2) is 12.6 Å². The minimum absolute atomic E-state index is 0.0221. The Bertz CT molecular complexity index is 1840. The third kappa shape index (κ3) is 8.01. The van der Waals surface area contributed by atoms with E-state index >= 15 is 4.79 Å². The Morgan fingerprint density at radius 1 is 0.642 bits per heavy atom. The molecule has 3 aliphatic heterocycles. The van der Waals surface area contributed by atoms with Crippen molar-refractivity contribution < 1.29 is 94.5 Å². The fourth-order valence-electron chi connectivity index (χ4n) is 15.3. The molecule has 0 aromatic carbocycles. The molecule has 0 aromatic heterocycles. The molecule has 0 radical (unpaired) electrons. The molecule has 5 aliphatic carbocycles. The van der Waals surface area contributed by atoms with Gasteiger partial charge in [0.05, 0.1) is 43.0 Å². The maximum atomic E-state index is 15.0. The Balaban J connectivity index is 0.987. The Morgan fingerprint density at radius 2 is 1.18 bits per heavy atom. The Hall–Kier alpha value is -1.47. The van der Waals surface area contributed by atoms with E-state index in [0.717, 1.165) is 12.0 Å². The highest BCUT2D eigenvalue weighted by atomic mass is 16.7. The summed E-state index contributed by atoms with van der Waals surface area (Å²) in [5, 5.41) is 131. The fraction of sp³-hybridized carbons (Fsp3) is 0.938. The van der Waals surface area contributed by atoms with E-state index in [0.29, 0.717) is 38.5 Å². The Labute approximate surface area is 392 Å². The summed E-state index contributed by atoms with van der Waals surface area (Å²) in [7, 11) is 0. The van der Waals surface area contributed by atoms with Gasteiger partial charge in [0.25, 0.3) is 0 Å². The second-order valence-electron chi connectivity index (χ2n) is 23.3. The van der Waals surface area contributed by atoms with Gasteiger partial charge in [-0.3, -0.25) is 4.79 Å². The molecule has 3 saturated heterocycles. The van der Waals surface area contributed by atoms with E-state index in [-0.39, 0.29) is 29.6 Å². The second-order valence-corrected chi connectivity index (χ2v) is 23.3. The second kappa shape index (κ2) is 18.2.